The van der Waals surface area contributed by atoms with E-state index in [1.807, 2.05) is 38.1 Å². The summed E-state index contributed by atoms with van der Waals surface area (Å²) >= 11 is 0. The molecule has 5 aliphatic rings. The normalized spacial score (nSPS) is 37.3. The third-order valence-corrected chi connectivity index (χ3v) is 14.1. The number of allylic oxidation sites excluding steroid dienone is 4. The van der Waals surface area contributed by atoms with Gasteiger partial charge in [0, 0.05) is 36.4 Å². The van der Waals surface area contributed by atoms with Gasteiger partial charge in [-0.05, 0) is 87.3 Å². The van der Waals surface area contributed by atoms with Crippen LogP contribution in [0.5, 0.6) is 0 Å². The summed E-state index contributed by atoms with van der Waals surface area (Å²) in [7, 11) is 0. The first kappa shape index (κ1) is 43.3. The Bertz CT molecular complexity index is 1710. The van der Waals surface area contributed by atoms with Crippen LogP contribution in [0.3, 0.4) is 0 Å². The summed E-state index contributed by atoms with van der Waals surface area (Å²) in [5.74, 6) is -1.94. The minimum atomic E-state index is -2.03. The van der Waals surface area contributed by atoms with E-state index in [0.29, 0.717) is 43.8 Å². The molecule has 0 spiro atoms. The molecule has 4 N–H and O–H groups in total. The highest BCUT2D eigenvalue weighted by molar-refractivity contribution is 6.01. The average Bonchev–Trinajstić information content (AvgIpc) is 3.59. The Kier molecular flexibility index (Phi) is 13.0. The van der Waals surface area contributed by atoms with E-state index in [1.165, 1.54) is 12.2 Å². The van der Waals surface area contributed by atoms with Gasteiger partial charge in [0.25, 0.3) is 5.91 Å². The Hall–Kier alpha value is -3.26. The molecule has 1 saturated heterocycles. The summed E-state index contributed by atoms with van der Waals surface area (Å²) in [6, 6.07) is 10.2. The predicted molar refractivity (Wildman–Crippen MR) is 214 cm³/mol. The zero-order valence-electron chi connectivity index (χ0n) is 34.4. The number of aliphatic hydroxyl groups excluding tert-OH is 1. The molecule has 1 aliphatic heterocycles. The number of nitrogens with zero attached hydrogens (tertiary/aromatic N) is 1. The van der Waals surface area contributed by atoms with Gasteiger partial charge in [-0.2, -0.15) is 5.06 Å². The second-order valence-corrected chi connectivity index (χ2v) is 18.2. The summed E-state index contributed by atoms with van der Waals surface area (Å²) in [5.41, 5.74) is -4.41. The van der Waals surface area contributed by atoms with Crippen LogP contribution in [0.4, 0.5) is 4.39 Å². The molecule has 3 saturated carbocycles. The van der Waals surface area contributed by atoms with Crippen LogP contribution >= 0.6 is 0 Å². The SMILES string of the molecule is C=CCC1(CC(C)C)CC(CNC(=O)COCCOCCNC(=O)[C@@]2(O)[C@H](C)C[C@H]3[C@@H]4CCC5=CC(=O)C=C[C@]5(C)[C@@]4(F)[C@@H](O)C[C@@]32C)ON1Cc1ccccc1. The Morgan fingerprint density at radius 2 is 1.84 bits per heavy atom. The monoisotopic (exact) mass is 793 g/mol. The number of hydrogen-bond donors (Lipinski definition) is 4. The molecule has 314 valence electrons. The lowest BCUT2D eigenvalue weighted by Crippen LogP contribution is -2.70. The molecule has 1 heterocycles. The van der Waals surface area contributed by atoms with E-state index in [-0.39, 0.29) is 68.6 Å². The maximum atomic E-state index is 17.4. The third kappa shape index (κ3) is 7.94. The number of ketones is 1. The van der Waals surface area contributed by atoms with Crippen molar-refractivity contribution in [1.29, 1.82) is 0 Å². The molecule has 2 unspecified atom stereocenters. The number of ether oxygens (including phenoxy) is 2. The number of carbonyl (C=O) groups is 3. The summed E-state index contributed by atoms with van der Waals surface area (Å²) in [5, 5.41) is 31.6. The van der Waals surface area contributed by atoms with Crippen LogP contribution in [0.1, 0.15) is 85.1 Å². The van der Waals surface area contributed by atoms with Crippen molar-refractivity contribution in [3.63, 3.8) is 0 Å². The van der Waals surface area contributed by atoms with E-state index in [0.717, 1.165) is 24.8 Å². The molecule has 0 aromatic heterocycles. The van der Waals surface area contributed by atoms with Gasteiger partial charge in [-0.1, -0.05) is 75.8 Å². The first-order valence-corrected chi connectivity index (χ1v) is 20.9. The van der Waals surface area contributed by atoms with Gasteiger partial charge in [-0.25, -0.2) is 4.39 Å². The number of halogens is 1. The molecule has 11 nitrogen and oxygen atoms in total. The second-order valence-electron chi connectivity index (χ2n) is 18.2. The molecular formula is C45H64FN3O8. The van der Waals surface area contributed by atoms with Crippen LogP contribution < -0.4 is 10.6 Å². The number of rotatable bonds is 17. The lowest BCUT2D eigenvalue weighted by molar-refractivity contribution is -0.219. The first-order chi connectivity index (χ1) is 27.0. The number of fused-ring (bicyclic) bond motifs is 5. The number of nitrogens with one attached hydrogen (secondary N) is 2. The van der Waals surface area contributed by atoms with Gasteiger partial charge >= 0.3 is 0 Å². The van der Waals surface area contributed by atoms with Crippen LogP contribution in [0.25, 0.3) is 0 Å². The first-order valence-electron chi connectivity index (χ1n) is 20.9. The lowest BCUT2D eigenvalue weighted by atomic mass is 9.44. The van der Waals surface area contributed by atoms with Crippen molar-refractivity contribution in [2.24, 2.45) is 34.5 Å². The second kappa shape index (κ2) is 17.1. The van der Waals surface area contributed by atoms with Crippen LogP contribution in [-0.4, -0.2) is 101 Å². The Morgan fingerprint density at radius 1 is 1.11 bits per heavy atom. The molecule has 1 aromatic carbocycles. The van der Waals surface area contributed by atoms with Crippen molar-refractivity contribution in [2.45, 2.75) is 115 Å². The molecule has 0 radical (unpaired) electrons. The maximum absolute atomic E-state index is 17.4. The molecule has 2 amide bonds. The summed E-state index contributed by atoms with van der Waals surface area (Å²) in [4.78, 5) is 45.0. The Balaban J connectivity index is 0.923. The number of hydroxylamine groups is 2. The largest absolute Gasteiger partial charge is 0.390 e. The van der Waals surface area contributed by atoms with Gasteiger partial charge < -0.3 is 30.3 Å². The smallest absolute Gasteiger partial charge is 0.252 e. The van der Waals surface area contributed by atoms with E-state index >= 15 is 4.39 Å². The van der Waals surface area contributed by atoms with Crippen molar-refractivity contribution in [1.82, 2.24) is 15.7 Å². The van der Waals surface area contributed by atoms with E-state index in [1.54, 1.807) is 13.0 Å². The number of alkyl halides is 1. The van der Waals surface area contributed by atoms with E-state index in [9.17, 15) is 24.6 Å². The van der Waals surface area contributed by atoms with Crippen molar-refractivity contribution >= 4 is 17.6 Å². The van der Waals surface area contributed by atoms with Crippen molar-refractivity contribution < 1.29 is 43.3 Å². The minimum Gasteiger partial charge on any atom is -0.390 e. The Morgan fingerprint density at radius 3 is 2.56 bits per heavy atom. The summed E-state index contributed by atoms with van der Waals surface area (Å²) in [6.07, 6.45) is 8.62. The molecular weight excluding hydrogens is 730 g/mol. The van der Waals surface area contributed by atoms with Crippen LogP contribution in [0.2, 0.25) is 0 Å². The minimum absolute atomic E-state index is 0.0837. The molecule has 4 aliphatic carbocycles. The standard InChI is InChI=1S/C45H64FN3O8/c1-7-16-43(24-30(2)3)25-35(57-49(43)28-32-11-9-8-10-12-32)27-48-39(52)29-56-21-20-55-19-18-47-40(53)45(54)31(4)22-37-36-14-13-33-23-34(50)15-17-41(33,5)44(36,46)38(51)26-42(37,45)6/h7-12,15,17,23,30-31,35-38,51,54H,1,13-14,16,18-22,24-29H2,2-6H3,(H,47,53)(H,48,52)/t31-,35?,36+,37+,38+,41+,42+,43?,44+,45+/m1/s1. The fourth-order valence-corrected chi connectivity index (χ4v) is 11.5. The number of hydrogen-bond acceptors (Lipinski definition) is 9. The highest BCUT2D eigenvalue weighted by atomic mass is 19.1. The van der Waals surface area contributed by atoms with Gasteiger partial charge in [-0.15, -0.1) is 6.58 Å². The van der Waals surface area contributed by atoms with Crippen molar-refractivity contribution in [3.05, 3.63) is 72.4 Å². The van der Waals surface area contributed by atoms with Gasteiger partial charge in [-0.3, -0.25) is 19.2 Å². The number of benzene rings is 1. The zero-order chi connectivity index (χ0) is 41.2. The van der Waals surface area contributed by atoms with E-state index in [2.05, 4.69) is 48.3 Å². The molecule has 6 rings (SSSR count). The number of aliphatic hydroxyl groups is 2. The van der Waals surface area contributed by atoms with E-state index in [4.69, 9.17) is 14.3 Å². The molecule has 12 heteroatoms. The molecule has 4 fully saturated rings. The fourth-order valence-electron chi connectivity index (χ4n) is 11.5. The highest BCUT2D eigenvalue weighted by Gasteiger charge is 2.75. The Labute approximate surface area is 337 Å². The maximum Gasteiger partial charge on any atom is 0.252 e. The number of carbonyl (C=O) groups excluding carboxylic acids is 3. The third-order valence-electron chi connectivity index (χ3n) is 14.1. The number of amides is 2. The predicted octanol–water partition coefficient (Wildman–Crippen LogP) is 5.17. The van der Waals surface area contributed by atoms with Crippen LogP contribution in [-0.2, 0) is 35.2 Å². The molecule has 1 aromatic rings. The fraction of sp³-hybridized carbons (Fsp3) is 0.667. The van der Waals surface area contributed by atoms with Crippen LogP contribution in [0.15, 0.2) is 66.8 Å². The lowest BCUT2D eigenvalue weighted by Gasteiger charge is -2.62. The summed E-state index contributed by atoms with van der Waals surface area (Å²) < 4.78 is 28.6. The van der Waals surface area contributed by atoms with Gasteiger partial charge in [0.2, 0.25) is 5.91 Å². The van der Waals surface area contributed by atoms with E-state index < -0.39 is 45.9 Å². The molecule has 10 atom stereocenters. The topological polar surface area (TPSA) is 147 Å². The van der Waals surface area contributed by atoms with Gasteiger partial charge in [0.1, 0.15) is 6.61 Å². The summed E-state index contributed by atoms with van der Waals surface area (Å²) in [6.45, 7) is 15.4. The highest BCUT2D eigenvalue weighted by Crippen LogP contribution is 2.70. The zero-order valence-corrected chi connectivity index (χ0v) is 34.4. The van der Waals surface area contributed by atoms with Gasteiger partial charge in [0.15, 0.2) is 17.1 Å². The molecule has 0 bridgehead atoms. The van der Waals surface area contributed by atoms with Crippen LogP contribution in [0, 0.1) is 34.5 Å². The molecule has 57 heavy (non-hydrogen) atoms. The van der Waals surface area contributed by atoms with Crippen molar-refractivity contribution in [2.75, 3.05) is 39.5 Å². The quantitative estimate of drug-likeness (QED) is 0.124. The van der Waals surface area contributed by atoms with Gasteiger partial charge in [0.05, 0.1) is 37.6 Å². The van der Waals surface area contributed by atoms with Crippen molar-refractivity contribution in [3.8, 4) is 0 Å². The average molecular weight is 794 g/mol.